The number of nitrogens with zero attached hydrogens (tertiary/aromatic N) is 1. The number of hydrogen-bond donors (Lipinski definition) is 3. The molecule has 0 aliphatic carbocycles. The molecule has 0 saturated heterocycles. The molecule has 0 unspecified atom stereocenters. The van der Waals surface area contributed by atoms with Gasteiger partial charge in [0.2, 0.25) is 5.91 Å². The lowest BCUT2D eigenvalue weighted by Gasteiger charge is -2.18. The Labute approximate surface area is 124 Å². The van der Waals surface area contributed by atoms with E-state index < -0.39 is 12.1 Å². The number of nitrogens with one attached hydrogen (secondary N) is 2. The number of amides is 1. The normalized spacial score (nSPS) is 13.9. The standard InChI is InChI=1S/C16H20N4O/c1-10(2)15(18)16(21)20-12(8-17)7-11-9-19-14-6-4-3-5-13(11)14/h3-6,9-10,12,15,19H,7,18H2,1-2H3,(H,20,21)/t12-,15-/m0/s1. The molecule has 0 spiro atoms. The van der Waals surface area contributed by atoms with Crippen LogP contribution in [0.1, 0.15) is 19.4 Å². The molecule has 110 valence electrons. The van der Waals surface area contributed by atoms with Crippen LogP contribution in [0.5, 0.6) is 0 Å². The Morgan fingerprint density at radius 2 is 2.14 bits per heavy atom. The van der Waals surface area contributed by atoms with Gasteiger partial charge in [-0.3, -0.25) is 4.79 Å². The lowest BCUT2D eigenvalue weighted by atomic mass is 10.0. The van der Waals surface area contributed by atoms with Crippen molar-refractivity contribution in [2.45, 2.75) is 32.4 Å². The lowest BCUT2D eigenvalue weighted by molar-refractivity contribution is -0.123. The van der Waals surface area contributed by atoms with Gasteiger partial charge in [0.05, 0.1) is 12.1 Å². The number of aromatic nitrogens is 1. The van der Waals surface area contributed by atoms with E-state index in [0.29, 0.717) is 6.42 Å². The minimum Gasteiger partial charge on any atom is -0.361 e. The molecule has 0 aliphatic rings. The van der Waals surface area contributed by atoms with Crippen LogP contribution in [0.2, 0.25) is 0 Å². The number of carbonyl (C=O) groups is 1. The predicted molar refractivity (Wildman–Crippen MR) is 82.4 cm³/mol. The third-order valence-electron chi connectivity index (χ3n) is 3.59. The summed E-state index contributed by atoms with van der Waals surface area (Å²) in [7, 11) is 0. The van der Waals surface area contributed by atoms with Gasteiger partial charge in [0, 0.05) is 23.5 Å². The Hall–Kier alpha value is -2.32. The Bertz CT molecular complexity index is 668. The van der Waals surface area contributed by atoms with E-state index in [4.69, 9.17) is 5.73 Å². The van der Waals surface area contributed by atoms with Crippen molar-refractivity contribution in [3.05, 3.63) is 36.0 Å². The molecule has 1 aromatic carbocycles. The minimum atomic E-state index is -0.594. The zero-order valence-corrected chi connectivity index (χ0v) is 12.3. The van der Waals surface area contributed by atoms with Gasteiger partial charge in [0.15, 0.2) is 0 Å². The molecule has 2 atom stereocenters. The van der Waals surface area contributed by atoms with Gasteiger partial charge >= 0.3 is 0 Å². The first-order chi connectivity index (χ1) is 10.0. The van der Waals surface area contributed by atoms with E-state index in [1.54, 1.807) is 0 Å². The predicted octanol–water partition coefficient (Wildman–Crippen LogP) is 1.70. The number of carbonyl (C=O) groups excluding carboxylic acids is 1. The number of aromatic amines is 1. The lowest BCUT2D eigenvalue weighted by Crippen LogP contribution is -2.48. The first kappa shape index (κ1) is 15.1. The van der Waals surface area contributed by atoms with Gasteiger partial charge in [-0.2, -0.15) is 5.26 Å². The van der Waals surface area contributed by atoms with Gasteiger partial charge in [-0.1, -0.05) is 32.0 Å². The first-order valence-electron chi connectivity index (χ1n) is 7.03. The fraction of sp³-hybridized carbons (Fsp3) is 0.375. The summed E-state index contributed by atoms with van der Waals surface area (Å²) in [4.78, 5) is 15.1. The van der Waals surface area contributed by atoms with E-state index in [9.17, 15) is 10.1 Å². The third kappa shape index (κ3) is 3.41. The number of para-hydroxylation sites is 1. The van der Waals surface area contributed by atoms with Gasteiger partial charge in [-0.05, 0) is 17.5 Å². The highest BCUT2D eigenvalue weighted by molar-refractivity contribution is 5.84. The maximum Gasteiger partial charge on any atom is 0.238 e. The topological polar surface area (TPSA) is 94.7 Å². The van der Waals surface area contributed by atoms with Crippen LogP contribution < -0.4 is 11.1 Å². The van der Waals surface area contributed by atoms with Gasteiger partial charge in [0.1, 0.15) is 6.04 Å². The number of nitrogens with two attached hydrogens (primary N) is 1. The number of nitriles is 1. The molecule has 0 radical (unpaired) electrons. The Kier molecular flexibility index (Phi) is 4.61. The molecule has 4 N–H and O–H groups in total. The van der Waals surface area contributed by atoms with Crippen LogP contribution in [-0.2, 0) is 11.2 Å². The summed E-state index contributed by atoms with van der Waals surface area (Å²) in [5.41, 5.74) is 7.83. The fourth-order valence-corrected chi connectivity index (χ4v) is 2.22. The highest BCUT2D eigenvalue weighted by Crippen LogP contribution is 2.19. The summed E-state index contributed by atoms with van der Waals surface area (Å²) in [5.74, 6) is -0.242. The molecule has 0 aliphatic heterocycles. The second kappa shape index (κ2) is 6.42. The van der Waals surface area contributed by atoms with Gasteiger partial charge < -0.3 is 16.0 Å². The van der Waals surface area contributed by atoms with E-state index in [1.165, 1.54) is 0 Å². The maximum absolute atomic E-state index is 12.0. The largest absolute Gasteiger partial charge is 0.361 e. The quantitative estimate of drug-likeness (QED) is 0.780. The molecule has 1 heterocycles. The third-order valence-corrected chi connectivity index (χ3v) is 3.59. The minimum absolute atomic E-state index is 0.0393. The Morgan fingerprint density at radius 1 is 1.43 bits per heavy atom. The van der Waals surface area contributed by atoms with Crippen LogP contribution in [0, 0.1) is 17.2 Å². The number of fused-ring (bicyclic) bond motifs is 1. The highest BCUT2D eigenvalue weighted by atomic mass is 16.2. The number of H-pyrrole nitrogens is 1. The molecule has 21 heavy (non-hydrogen) atoms. The second-order valence-corrected chi connectivity index (χ2v) is 5.52. The summed E-state index contributed by atoms with van der Waals surface area (Å²) in [6.07, 6.45) is 2.33. The highest BCUT2D eigenvalue weighted by Gasteiger charge is 2.21. The van der Waals surface area contributed by atoms with E-state index >= 15 is 0 Å². The van der Waals surface area contributed by atoms with Crippen molar-refractivity contribution in [2.24, 2.45) is 11.7 Å². The van der Waals surface area contributed by atoms with Crippen molar-refractivity contribution in [1.82, 2.24) is 10.3 Å². The van der Waals surface area contributed by atoms with Crippen molar-refractivity contribution in [3.8, 4) is 6.07 Å². The van der Waals surface area contributed by atoms with Crippen molar-refractivity contribution in [2.75, 3.05) is 0 Å². The van der Waals surface area contributed by atoms with Crippen LogP contribution in [0.25, 0.3) is 10.9 Å². The molecule has 1 amide bonds. The molecule has 0 bridgehead atoms. The van der Waals surface area contributed by atoms with Gasteiger partial charge in [0.25, 0.3) is 0 Å². The van der Waals surface area contributed by atoms with E-state index in [0.717, 1.165) is 16.5 Å². The van der Waals surface area contributed by atoms with E-state index in [-0.39, 0.29) is 11.8 Å². The molecule has 0 saturated carbocycles. The average molecular weight is 284 g/mol. The van der Waals surface area contributed by atoms with E-state index in [2.05, 4.69) is 16.4 Å². The van der Waals surface area contributed by atoms with E-state index in [1.807, 2.05) is 44.3 Å². The molecule has 2 aromatic rings. The second-order valence-electron chi connectivity index (χ2n) is 5.52. The first-order valence-corrected chi connectivity index (χ1v) is 7.03. The number of benzene rings is 1. The van der Waals surface area contributed by atoms with Gasteiger partial charge in [-0.15, -0.1) is 0 Å². The molecule has 0 fully saturated rings. The van der Waals surface area contributed by atoms with Crippen molar-refractivity contribution < 1.29 is 4.79 Å². The van der Waals surface area contributed by atoms with Crippen LogP contribution in [0.15, 0.2) is 30.5 Å². The summed E-state index contributed by atoms with van der Waals surface area (Å²) in [6.45, 7) is 3.76. The van der Waals surface area contributed by atoms with Crippen LogP contribution >= 0.6 is 0 Å². The SMILES string of the molecule is CC(C)[C@H](N)C(=O)N[C@H](C#N)Cc1c[nH]c2ccccc12. The summed E-state index contributed by atoms with van der Waals surface area (Å²) in [5, 5.41) is 13.0. The summed E-state index contributed by atoms with van der Waals surface area (Å²) in [6, 6.07) is 8.83. The molecule has 5 heteroatoms. The van der Waals surface area contributed by atoms with Crippen LogP contribution in [0.4, 0.5) is 0 Å². The zero-order chi connectivity index (χ0) is 15.4. The molecular weight excluding hydrogens is 264 g/mol. The number of rotatable bonds is 5. The number of hydrogen-bond acceptors (Lipinski definition) is 3. The molecule has 1 aromatic heterocycles. The monoisotopic (exact) mass is 284 g/mol. The maximum atomic E-state index is 12.0. The molecule has 5 nitrogen and oxygen atoms in total. The zero-order valence-electron chi connectivity index (χ0n) is 12.3. The van der Waals surface area contributed by atoms with Gasteiger partial charge in [-0.25, -0.2) is 0 Å². The average Bonchev–Trinajstić information content (AvgIpc) is 2.88. The van der Waals surface area contributed by atoms with Crippen LogP contribution in [0.3, 0.4) is 0 Å². The van der Waals surface area contributed by atoms with Crippen molar-refractivity contribution in [1.29, 1.82) is 5.26 Å². The Morgan fingerprint density at radius 3 is 2.81 bits per heavy atom. The van der Waals surface area contributed by atoms with Crippen molar-refractivity contribution >= 4 is 16.8 Å². The Balaban J connectivity index is 2.10. The van der Waals surface area contributed by atoms with Crippen LogP contribution in [-0.4, -0.2) is 23.0 Å². The smallest absolute Gasteiger partial charge is 0.238 e. The van der Waals surface area contributed by atoms with Crippen molar-refractivity contribution in [3.63, 3.8) is 0 Å². The fourth-order valence-electron chi connectivity index (χ4n) is 2.22. The molecule has 2 rings (SSSR count). The molecular formula is C16H20N4O. The summed E-state index contributed by atoms with van der Waals surface area (Å²) < 4.78 is 0. The summed E-state index contributed by atoms with van der Waals surface area (Å²) >= 11 is 0.